The second-order valence-electron chi connectivity index (χ2n) is 5.48. The standard InChI is InChI=1S/C14H21N3O3S/c1-17(12-7-8-21(19,20)10-12)9-13(14(15)16-18)11-5-3-2-4-6-11/h2-6,12-13,18H,7-10H2,1H3,(H2,15,16). The second kappa shape index (κ2) is 6.44. The van der Waals surface area contributed by atoms with E-state index >= 15 is 0 Å². The van der Waals surface area contributed by atoms with Crippen LogP contribution in [0.15, 0.2) is 35.5 Å². The molecule has 1 fully saturated rings. The minimum absolute atomic E-state index is 0.00675. The minimum Gasteiger partial charge on any atom is -0.409 e. The number of rotatable bonds is 5. The van der Waals surface area contributed by atoms with E-state index in [1.54, 1.807) is 0 Å². The third-order valence-corrected chi connectivity index (χ3v) is 5.73. The van der Waals surface area contributed by atoms with E-state index in [0.29, 0.717) is 13.0 Å². The van der Waals surface area contributed by atoms with E-state index in [-0.39, 0.29) is 29.3 Å². The lowest BCUT2D eigenvalue weighted by Crippen LogP contribution is -2.39. The molecule has 0 bridgehead atoms. The molecule has 0 aliphatic carbocycles. The first-order valence-electron chi connectivity index (χ1n) is 6.86. The molecule has 1 aromatic rings. The Hall–Kier alpha value is -1.60. The van der Waals surface area contributed by atoms with Crippen LogP contribution in [-0.2, 0) is 9.84 Å². The fraction of sp³-hybridized carbons (Fsp3) is 0.500. The number of oxime groups is 1. The van der Waals surface area contributed by atoms with Crippen LogP contribution in [0.25, 0.3) is 0 Å². The monoisotopic (exact) mass is 311 g/mol. The normalized spacial score (nSPS) is 23.3. The van der Waals surface area contributed by atoms with E-state index in [1.807, 2.05) is 42.3 Å². The van der Waals surface area contributed by atoms with E-state index in [9.17, 15) is 8.42 Å². The maximum absolute atomic E-state index is 11.6. The molecule has 21 heavy (non-hydrogen) atoms. The van der Waals surface area contributed by atoms with E-state index in [2.05, 4.69) is 5.16 Å². The number of sulfone groups is 1. The van der Waals surface area contributed by atoms with E-state index in [4.69, 9.17) is 10.9 Å². The number of benzene rings is 1. The van der Waals surface area contributed by atoms with Crippen molar-refractivity contribution < 1.29 is 13.6 Å². The zero-order valence-electron chi connectivity index (χ0n) is 12.0. The molecule has 2 atom stereocenters. The van der Waals surface area contributed by atoms with Crippen molar-refractivity contribution in [3.8, 4) is 0 Å². The van der Waals surface area contributed by atoms with Gasteiger partial charge in [-0.1, -0.05) is 35.5 Å². The van der Waals surface area contributed by atoms with Gasteiger partial charge in [-0.2, -0.15) is 0 Å². The van der Waals surface area contributed by atoms with Gasteiger partial charge < -0.3 is 15.8 Å². The number of nitrogens with zero attached hydrogens (tertiary/aromatic N) is 2. The Morgan fingerprint density at radius 2 is 2.14 bits per heavy atom. The summed E-state index contributed by atoms with van der Waals surface area (Å²) < 4.78 is 23.2. The van der Waals surface area contributed by atoms with Gasteiger partial charge >= 0.3 is 0 Å². The predicted molar refractivity (Wildman–Crippen MR) is 82.3 cm³/mol. The average Bonchev–Trinajstić information content (AvgIpc) is 2.85. The zero-order chi connectivity index (χ0) is 15.5. The molecule has 0 amide bonds. The molecular weight excluding hydrogens is 290 g/mol. The molecule has 1 aromatic carbocycles. The molecule has 1 saturated heterocycles. The first kappa shape index (κ1) is 15.8. The number of nitrogens with two attached hydrogens (primary N) is 1. The van der Waals surface area contributed by atoms with E-state index in [1.165, 1.54) is 0 Å². The lowest BCUT2D eigenvalue weighted by atomic mass is 9.97. The van der Waals surface area contributed by atoms with Crippen molar-refractivity contribution in [2.45, 2.75) is 18.4 Å². The molecule has 1 aliphatic heterocycles. The number of hydrogen-bond acceptors (Lipinski definition) is 5. The SMILES string of the molecule is CN(CC(C(N)=NO)c1ccccc1)C1CCS(=O)(=O)C1. The first-order chi connectivity index (χ1) is 9.93. The lowest BCUT2D eigenvalue weighted by Gasteiger charge is -2.27. The second-order valence-corrected chi connectivity index (χ2v) is 7.71. The van der Waals surface area contributed by atoms with Crippen LogP contribution in [0.3, 0.4) is 0 Å². The summed E-state index contributed by atoms with van der Waals surface area (Å²) in [5.41, 5.74) is 6.75. The summed E-state index contributed by atoms with van der Waals surface area (Å²) in [6, 6.07) is 9.52. The molecule has 0 saturated carbocycles. The highest BCUT2D eigenvalue weighted by Gasteiger charge is 2.32. The van der Waals surface area contributed by atoms with E-state index in [0.717, 1.165) is 5.56 Å². The molecule has 2 unspecified atom stereocenters. The highest BCUT2D eigenvalue weighted by atomic mass is 32.2. The van der Waals surface area contributed by atoms with Crippen LogP contribution in [0, 0.1) is 0 Å². The van der Waals surface area contributed by atoms with Crippen molar-refractivity contribution in [1.82, 2.24) is 4.90 Å². The lowest BCUT2D eigenvalue weighted by molar-refractivity contribution is 0.256. The summed E-state index contributed by atoms with van der Waals surface area (Å²) in [7, 11) is -1.04. The quantitative estimate of drug-likeness (QED) is 0.360. The van der Waals surface area contributed by atoms with Crippen LogP contribution >= 0.6 is 0 Å². The summed E-state index contributed by atoms with van der Waals surface area (Å²) in [4.78, 5) is 1.99. The van der Waals surface area contributed by atoms with Crippen molar-refractivity contribution in [2.75, 3.05) is 25.1 Å². The molecule has 6 nitrogen and oxygen atoms in total. The third kappa shape index (κ3) is 3.95. The van der Waals surface area contributed by atoms with Crippen molar-refractivity contribution in [2.24, 2.45) is 10.9 Å². The van der Waals surface area contributed by atoms with Gasteiger partial charge in [-0.15, -0.1) is 0 Å². The molecule has 7 heteroatoms. The van der Waals surface area contributed by atoms with Gasteiger partial charge in [0.05, 0.1) is 17.4 Å². The van der Waals surface area contributed by atoms with E-state index < -0.39 is 9.84 Å². The highest BCUT2D eigenvalue weighted by Crippen LogP contribution is 2.22. The summed E-state index contributed by atoms with van der Waals surface area (Å²) in [6.45, 7) is 0.514. The molecule has 0 radical (unpaired) electrons. The van der Waals surface area contributed by atoms with Crippen LogP contribution < -0.4 is 5.73 Å². The fourth-order valence-corrected chi connectivity index (χ4v) is 4.49. The minimum atomic E-state index is -2.92. The summed E-state index contributed by atoms with van der Waals surface area (Å²) in [6.07, 6.45) is 0.635. The summed E-state index contributed by atoms with van der Waals surface area (Å²) in [5, 5.41) is 12.1. The van der Waals surface area contributed by atoms with Gasteiger partial charge in [-0.3, -0.25) is 0 Å². The van der Waals surface area contributed by atoms with Gasteiger partial charge in [0, 0.05) is 12.6 Å². The van der Waals surface area contributed by atoms with Gasteiger partial charge in [0.15, 0.2) is 9.84 Å². The van der Waals surface area contributed by atoms with Crippen molar-refractivity contribution in [1.29, 1.82) is 0 Å². The Morgan fingerprint density at radius 1 is 1.48 bits per heavy atom. The molecule has 0 spiro atoms. The van der Waals surface area contributed by atoms with Crippen LogP contribution in [-0.4, -0.2) is 55.5 Å². The van der Waals surface area contributed by atoms with Gasteiger partial charge in [-0.25, -0.2) is 8.42 Å². The predicted octanol–water partition coefficient (Wildman–Crippen LogP) is 0.635. The number of amidine groups is 1. The number of hydrogen-bond donors (Lipinski definition) is 2. The maximum atomic E-state index is 11.6. The van der Waals surface area contributed by atoms with Crippen LogP contribution in [0.4, 0.5) is 0 Å². The van der Waals surface area contributed by atoms with Gasteiger partial charge in [0.1, 0.15) is 5.84 Å². The van der Waals surface area contributed by atoms with Gasteiger partial charge in [0.25, 0.3) is 0 Å². The molecule has 0 aromatic heterocycles. The summed E-state index contributed by atoms with van der Waals surface area (Å²) >= 11 is 0. The molecule has 2 rings (SSSR count). The largest absolute Gasteiger partial charge is 0.409 e. The Balaban J connectivity index is 2.13. The average molecular weight is 311 g/mol. The fourth-order valence-electron chi connectivity index (χ4n) is 2.68. The molecular formula is C14H21N3O3S. The summed E-state index contributed by atoms with van der Waals surface area (Å²) in [5.74, 6) is 0.293. The molecule has 3 N–H and O–H groups in total. The van der Waals surface area contributed by atoms with Gasteiger partial charge in [0.2, 0.25) is 0 Å². The number of likely N-dealkylation sites (N-methyl/N-ethyl adjacent to an activating group) is 1. The highest BCUT2D eigenvalue weighted by molar-refractivity contribution is 7.91. The van der Waals surface area contributed by atoms with Gasteiger partial charge in [-0.05, 0) is 19.0 Å². The van der Waals surface area contributed by atoms with Crippen molar-refractivity contribution in [3.63, 3.8) is 0 Å². The zero-order valence-corrected chi connectivity index (χ0v) is 12.8. The molecule has 1 heterocycles. The first-order valence-corrected chi connectivity index (χ1v) is 8.68. The van der Waals surface area contributed by atoms with Crippen molar-refractivity contribution in [3.05, 3.63) is 35.9 Å². The molecule has 1 aliphatic rings. The van der Waals surface area contributed by atoms with Crippen LogP contribution in [0.2, 0.25) is 0 Å². The van der Waals surface area contributed by atoms with Crippen molar-refractivity contribution >= 4 is 15.7 Å². The Labute approximate surface area is 125 Å². The maximum Gasteiger partial charge on any atom is 0.151 e. The van der Waals surface area contributed by atoms with Crippen LogP contribution in [0.1, 0.15) is 17.9 Å². The smallest absolute Gasteiger partial charge is 0.151 e. The molecule has 116 valence electrons. The topological polar surface area (TPSA) is 96.0 Å². The third-order valence-electron chi connectivity index (χ3n) is 3.98. The Bertz CT molecular complexity index is 601. The Kier molecular flexibility index (Phi) is 4.84. The van der Waals surface area contributed by atoms with Crippen LogP contribution in [0.5, 0.6) is 0 Å². The Morgan fingerprint density at radius 3 is 2.67 bits per heavy atom.